The van der Waals surface area contributed by atoms with Crippen LogP contribution in [-0.2, 0) is 16.0 Å². The number of hydrogen-bond donors (Lipinski definition) is 1. The van der Waals surface area contributed by atoms with Gasteiger partial charge in [0.25, 0.3) is 0 Å². The van der Waals surface area contributed by atoms with E-state index in [0.29, 0.717) is 30.4 Å². The Labute approximate surface area is 162 Å². The lowest BCUT2D eigenvalue weighted by Crippen LogP contribution is -2.13. The van der Waals surface area contributed by atoms with Gasteiger partial charge < -0.3 is 19.2 Å². The van der Waals surface area contributed by atoms with Crippen LogP contribution in [0.3, 0.4) is 0 Å². The van der Waals surface area contributed by atoms with Gasteiger partial charge in [0.15, 0.2) is 23.2 Å². The van der Waals surface area contributed by atoms with E-state index in [1.165, 1.54) is 12.1 Å². The summed E-state index contributed by atoms with van der Waals surface area (Å²) < 4.78 is 29.8. The maximum atomic E-state index is 14.0. The molecule has 0 atom stereocenters. The minimum atomic E-state index is -0.547. The molecule has 146 valence electrons. The van der Waals surface area contributed by atoms with Crippen LogP contribution < -0.4 is 10.1 Å². The van der Waals surface area contributed by atoms with Crippen molar-refractivity contribution in [1.29, 1.82) is 0 Å². The molecule has 2 aromatic carbocycles. The molecule has 6 nitrogen and oxygen atoms in total. The largest absolute Gasteiger partial charge is 0.488 e. The Morgan fingerprint density at radius 2 is 2.00 bits per heavy atom. The van der Waals surface area contributed by atoms with Crippen molar-refractivity contribution in [1.82, 2.24) is 4.98 Å². The number of carbonyl (C=O) groups is 1. The molecule has 1 heterocycles. The number of nitrogens with one attached hydrogen (secondary N) is 1. The number of oxazole rings is 1. The minimum Gasteiger partial charge on any atom is -0.488 e. The van der Waals surface area contributed by atoms with Gasteiger partial charge >= 0.3 is 0 Å². The van der Waals surface area contributed by atoms with Gasteiger partial charge in [-0.1, -0.05) is 30.3 Å². The molecule has 1 N–H and O–H groups in total. The molecular formula is C21H21FN2O4. The first-order valence-electron chi connectivity index (χ1n) is 8.87. The summed E-state index contributed by atoms with van der Waals surface area (Å²) in [4.78, 5) is 16.3. The Balaban J connectivity index is 1.51. The molecule has 0 aliphatic rings. The van der Waals surface area contributed by atoms with Crippen LogP contribution >= 0.6 is 0 Å². The molecule has 0 aliphatic carbocycles. The van der Waals surface area contributed by atoms with Crippen LogP contribution in [0, 0.1) is 5.82 Å². The van der Waals surface area contributed by atoms with E-state index in [9.17, 15) is 9.18 Å². The van der Waals surface area contributed by atoms with E-state index in [4.69, 9.17) is 13.9 Å². The monoisotopic (exact) mass is 384 g/mol. The summed E-state index contributed by atoms with van der Waals surface area (Å²) in [6.07, 6.45) is 2.15. The number of methoxy groups -OCH3 is 1. The van der Waals surface area contributed by atoms with Crippen molar-refractivity contribution >= 4 is 11.6 Å². The lowest BCUT2D eigenvalue weighted by atomic mass is 10.2. The first-order valence-corrected chi connectivity index (χ1v) is 8.87. The SMILES string of the molecule is COCCOc1ccc(NC(=O)CCc2ncc(-c3ccccc3)o2)cc1F. The average Bonchev–Trinajstić information content (AvgIpc) is 3.18. The van der Waals surface area contributed by atoms with E-state index < -0.39 is 5.82 Å². The van der Waals surface area contributed by atoms with Gasteiger partial charge in [-0.3, -0.25) is 4.79 Å². The number of amides is 1. The van der Waals surface area contributed by atoms with Crippen molar-refractivity contribution in [2.75, 3.05) is 25.6 Å². The molecule has 1 aromatic heterocycles. The molecule has 0 bridgehead atoms. The molecule has 0 fully saturated rings. The summed E-state index contributed by atoms with van der Waals surface area (Å²) in [6, 6.07) is 13.9. The highest BCUT2D eigenvalue weighted by Gasteiger charge is 2.11. The van der Waals surface area contributed by atoms with Crippen molar-refractivity contribution in [2.24, 2.45) is 0 Å². The number of hydrogen-bond acceptors (Lipinski definition) is 5. The summed E-state index contributed by atoms with van der Waals surface area (Å²) in [6.45, 7) is 0.616. The van der Waals surface area contributed by atoms with E-state index in [1.54, 1.807) is 19.4 Å². The van der Waals surface area contributed by atoms with Crippen molar-refractivity contribution in [2.45, 2.75) is 12.8 Å². The summed E-state index contributed by atoms with van der Waals surface area (Å²) >= 11 is 0. The van der Waals surface area contributed by atoms with Crippen LogP contribution in [0.4, 0.5) is 10.1 Å². The number of anilines is 1. The van der Waals surface area contributed by atoms with Crippen LogP contribution in [0.5, 0.6) is 5.75 Å². The normalized spacial score (nSPS) is 10.6. The van der Waals surface area contributed by atoms with Crippen LogP contribution in [0.2, 0.25) is 0 Å². The lowest BCUT2D eigenvalue weighted by Gasteiger charge is -2.09. The van der Waals surface area contributed by atoms with Gasteiger partial charge in [-0.05, 0) is 12.1 Å². The fourth-order valence-electron chi connectivity index (χ4n) is 2.54. The first-order chi connectivity index (χ1) is 13.7. The second-order valence-electron chi connectivity index (χ2n) is 6.02. The predicted octanol–water partition coefficient (Wildman–Crippen LogP) is 4.08. The van der Waals surface area contributed by atoms with Gasteiger partial charge in [0, 0.05) is 37.3 Å². The third-order valence-electron chi connectivity index (χ3n) is 3.94. The van der Waals surface area contributed by atoms with Crippen molar-refractivity contribution < 1.29 is 23.1 Å². The van der Waals surface area contributed by atoms with E-state index in [2.05, 4.69) is 10.3 Å². The fraction of sp³-hybridized carbons (Fsp3) is 0.238. The Morgan fingerprint density at radius 1 is 1.18 bits per heavy atom. The lowest BCUT2D eigenvalue weighted by molar-refractivity contribution is -0.116. The van der Waals surface area contributed by atoms with Crippen LogP contribution in [-0.4, -0.2) is 31.2 Å². The zero-order valence-electron chi connectivity index (χ0n) is 15.5. The van der Waals surface area contributed by atoms with E-state index >= 15 is 0 Å². The quantitative estimate of drug-likeness (QED) is 0.563. The minimum absolute atomic E-state index is 0.114. The van der Waals surface area contributed by atoms with Gasteiger partial charge in [0.2, 0.25) is 5.91 Å². The Kier molecular flexibility index (Phi) is 6.75. The van der Waals surface area contributed by atoms with Gasteiger partial charge in [0.05, 0.1) is 12.8 Å². The molecule has 28 heavy (non-hydrogen) atoms. The summed E-state index contributed by atoms with van der Waals surface area (Å²) in [7, 11) is 1.54. The fourth-order valence-corrected chi connectivity index (χ4v) is 2.54. The Bertz CT molecular complexity index is 912. The number of carbonyl (C=O) groups excluding carboxylic acids is 1. The van der Waals surface area contributed by atoms with Crippen molar-refractivity contribution in [3.8, 4) is 17.1 Å². The molecule has 1 amide bonds. The topological polar surface area (TPSA) is 73.6 Å². The highest BCUT2D eigenvalue weighted by Crippen LogP contribution is 2.22. The number of rotatable bonds is 9. The zero-order valence-corrected chi connectivity index (χ0v) is 15.5. The van der Waals surface area contributed by atoms with E-state index in [0.717, 1.165) is 5.56 Å². The number of benzene rings is 2. The average molecular weight is 384 g/mol. The van der Waals surface area contributed by atoms with Gasteiger partial charge in [-0.2, -0.15) is 0 Å². The summed E-state index contributed by atoms with van der Waals surface area (Å²) in [5.74, 6) is 0.438. The maximum absolute atomic E-state index is 14.0. The van der Waals surface area contributed by atoms with E-state index in [-0.39, 0.29) is 24.7 Å². The standard InChI is InChI=1S/C21H21FN2O4/c1-26-11-12-27-18-8-7-16(13-17(18)22)24-20(25)9-10-21-23-14-19(28-21)15-5-3-2-4-6-15/h2-8,13-14H,9-12H2,1H3,(H,24,25). The highest BCUT2D eigenvalue weighted by atomic mass is 19.1. The van der Waals surface area contributed by atoms with Gasteiger partial charge in [-0.15, -0.1) is 0 Å². The number of aromatic nitrogens is 1. The molecule has 0 radical (unpaired) electrons. The Morgan fingerprint density at radius 3 is 2.75 bits per heavy atom. The molecular weight excluding hydrogens is 363 g/mol. The number of nitrogens with zero attached hydrogens (tertiary/aromatic N) is 1. The van der Waals surface area contributed by atoms with Crippen LogP contribution in [0.25, 0.3) is 11.3 Å². The van der Waals surface area contributed by atoms with E-state index in [1.807, 2.05) is 30.3 Å². The van der Waals surface area contributed by atoms with Gasteiger partial charge in [-0.25, -0.2) is 9.37 Å². The molecule has 3 aromatic rings. The van der Waals surface area contributed by atoms with Crippen molar-refractivity contribution in [3.63, 3.8) is 0 Å². The molecule has 0 aliphatic heterocycles. The summed E-state index contributed by atoms with van der Waals surface area (Å²) in [5, 5.41) is 2.66. The molecule has 0 saturated carbocycles. The molecule has 0 spiro atoms. The number of aryl methyl sites for hydroxylation is 1. The second kappa shape index (κ2) is 9.66. The number of ether oxygens (including phenoxy) is 2. The molecule has 0 unspecified atom stereocenters. The molecule has 7 heteroatoms. The third-order valence-corrected chi connectivity index (χ3v) is 3.94. The van der Waals surface area contributed by atoms with Crippen molar-refractivity contribution in [3.05, 3.63) is 66.4 Å². The van der Waals surface area contributed by atoms with Crippen LogP contribution in [0.15, 0.2) is 59.1 Å². The maximum Gasteiger partial charge on any atom is 0.224 e. The van der Waals surface area contributed by atoms with Gasteiger partial charge in [0.1, 0.15) is 6.61 Å². The zero-order chi connectivity index (χ0) is 19.8. The molecule has 3 rings (SSSR count). The Hall–Kier alpha value is -3.19. The number of halogens is 1. The molecule has 0 saturated heterocycles. The first kappa shape index (κ1) is 19.6. The highest BCUT2D eigenvalue weighted by molar-refractivity contribution is 5.90. The predicted molar refractivity (Wildman–Crippen MR) is 103 cm³/mol. The smallest absolute Gasteiger partial charge is 0.224 e. The van der Waals surface area contributed by atoms with Crippen LogP contribution in [0.1, 0.15) is 12.3 Å². The third kappa shape index (κ3) is 5.40. The second-order valence-corrected chi connectivity index (χ2v) is 6.02. The summed E-state index contributed by atoms with van der Waals surface area (Å²) in [5.41, 5.74) is 1.29.